The molecule has 4 nitrogen and oxygen atoms in total. The van der Waals surface area contributed by atoms with Crippen LogP contribution in [0, 0.1) is 0 Å². The maximum absolute atomic E-state index is 11.3. The first-order chi connectivity index (χ1) is 17.1. The fourth-order valence-corrected chi connectivity index (χ4v) is 4.30. The first kappa shape index (κ1) is 28.7. The third kappa shape index (κ3) is 10.8. The number of hydrogen-bond acceptors (Lipinski definition) is 3. The predicted molar refractivity (Wildman–Crippen MR) is 146 cm³/mol. The zero-order valence-corrected chi connectivity index (χ0v) is 22.2. The molecule has 2 aromatic rings. The first-order valence-corrected chi connectivity index (χ1v) is 13.9. The van der Waals surface area contributed by atoms with Crippen molar-refractivity contribution in [2.24, 2.45) is 0 Å². The lowest BCUT2D eigenvalue weighted by atomic mass is 10.0. The lowest BCUT2D eigenvalue weighted by Gasteiger charge is -2.21. The third-order valence-corrected chi connectivity index (χ3v) is 6.46. The van der Waals surface area contributed by atoms with Gasteiger partial charge in [-0.25, -0.2) is 4.79 Å². The minimum Gasteiger partial charge on any atom is -0.493 e. The van der Waals surface area contributed by atoms with Gasteiger partial charge in [-0.2, -0.15) is 0 Å². The van der Waals surface area contributed by atoms with Gasteiger partial charge in [-0.15, -0.1) is 0 Å². The lowest BCUT2D eigenvalue weighted by molar-refractivity contribution is 0.0697. The first-order valence-electron chi connectivity index (χ1n) is 13.9. The van der Waals surface area contributed by atoms with Crippen molar-refractivity contribution in [3.63, 3.8) is 0 Å². The summed E-state index contributed by atoms with van der Waals surface area (Å²) < 4.78 is 12.7. The van der Waals surface area contributed by atoms with Gasteiger partial charge in [0.25, 0.3) is 0 Å². The number of rotatable bonds is 19. The smallest absolute Gasteiger partial charge is 0.335 e. The van der Waals surface area contributed by atoms with E-state index in [9.17, 15) is 9.90 Å². The van der Waals surface area contributed by atoms with Crippen molar-refractivity contribution in [2.45, 2.75) is 110 Å². The summed E-state index contributed by atoms with van der Waals surface area (Å²) in [5.41, 5.74) is 2.20. The summed E-state index contributed by atoms with van der Waals surface area (Å²) in [6.07, 6.45) is 15.7. The minimum atomic E-state index is -0.916. The average molecular weight is 483 g/mol. The van der Waals surface area contributed by atoms with Crippen LogP contribution in [0.25, 0.3) is 11.1 Å². The van der Waals surface area contributed by atoms with Crippen molar-refractivity contribution in [3.05, 3.63) is 48.0 Å². The van der Waals surface area contributed by atoms with Crippen LogP contribution in [0.4, 0.5) is 0 Å². The van der Waals surface area contributed by atoms with Crippen molar-refractivity contribution in [2.75, 3.05) is 6.61 Å². The van der Waals surface area contributed by atoms with E-state index in [0.717, 1.165) is 48.3 Å². The summed E-state index contributed by atoms with van der Waals surface area (Å²) in [5, 5.41) is 9.23. The summed E-state index contributed by atoms with van der Waals surface area (Å²) in [6, 6.07) is 13.1. The second-order valence-corrected chi connectivity index (χ2v) is 9.53. The van der Waals surface area contributed by atoms with Gasteiger partial charge in [0.05, 0.1) is 18.3 Å². The second-order valence-electron chi connectivity index (χ2n) is 9.53. The Balaban J connectivity index is 2.16. The molecule has 0 aromatic heterocycles. The van der Waals surface area contributed by atoms with E-state index < -0.39 is 5.97 Å². The number of benzene rings is 2. The molecule has 194 valence electrons. The highest BCUT2D eigenvalue weighted by molar-refractivity contribution is 5.88. The summed E-state index contributed by atoms with van der Waals surface area (Å²) in [7, 11) is 0. The molecule has 0 amide bonds. The molecule has 0 spiro atoms. The number of unbranched alkanes of at least 4 members (excludes halogenated alkanes) is 8. The van der Waals surface area contributed by atoms with Crippen LogP contribution in [0.2, 0.25) is 0 Å². The third-order valence-electron chi connectivity index (χ3n) is 6.46. The van der Waals surface area contributed by atoms with E-state index in [1.54, 1.807) is 12.1 Å². The van der Waals surface area contributed by atoms with Gasteiger partial charge in [0.2, 0.25) is 0 Å². The molecule has 0 aliphatic rings. The van der Waals surface area contributed by atoms with Gasteiger partial charge in [0, 0.05) is 11.6 Å². The molecule has 0 radical (unpaired) electrons. The molecule has 0 saturated carbocycles. The van der Waals surface area contributed by atoms with Crippen LogP contribution in [0.15, 0.2) is 42.5 Å². The highest BCUT2D eigenvalue weighted by Crippen LogP contribution is 2.35. The lowest BCUT2D eigenvalue weighted by Crippen LogP contribution is -2.16. The van der Waals surface area contributed by atoms with Crippen LogP contribution in [0.3, 0.4) is 0 Å². The summed E-state index contributed by atoms with van der Waals surface area (Å²) in [6.45, 7) is 7.35. The topological polar surface area (TPSA) is 55.8 Å². The van der Waals surface area contributed by atoms with E-state index in [4.69, 9.17) is 9.47 Å². The van der Waals surface area contributed by atoms with Gasteiger partial charge in [0.1, 0.15) is 11.5 Å². The van der Waals surface area contributed by atoms with Crippen LogP contribution in [0.5, 0.6) is 11.5 Å². The van der Waals surface area contributed by atoms with Crippen molar-refractivity contribution in [3.8, 4) is 22.6 Å². The number of ether oxygens (including phenoxy) is 2. The molecule has 35 heavy (non-hydrogen) atoms. The molecule has 0 aliphatic heterocycles. The summed E-state index contributed by atoms with van der Waals surface area (Å²) in [4.78, 5) is 11.3. The molecule has 0 saturated heterocycles. The number of carbonyl (C=O) groups is 1. The molecule has 1 N–H and O–H groups in total. The van der Waals surface area contributed by atoms with Crippen LogP contribution in [-0.4, -0.2) is 23.8 Å². The molecule has 0 heterocycles. The van der Waals surface area contributed by atoms with E-state index in [2.05, 4.69) is 20.8 Å². The molecule has 1 atom stereocenters. The molecule has 4 heteroatoms. The zero-order valence-electron chi connectivity index (χ0n) is 22.2. The maximum atomic E-state index is 11.3. The molecule has 2 rings (SSSR count). The molecule has 0 fully saturated rings. The number of aromatic carboxylic acids is 1. The van der Waals surface area contributed by atoms with Crippen LogP contribution in [0.1, 0.15) is 115 Å². The largest absolute Gasteiger partial charge is 0.493 e. The zero-order chi connectivity index (χ0) is 25.3. The highest BCUT2D eigenvalue weighted by atomic mass is 16.5. The van der Waals surface area contributed by atoms with Crippen molar-refractivity contribution < 1.29 is 19.4 Å². The van der Waals surface area contributed by atoms with E-state index in [1.807, 2.05) is 30.3 Å². The monoisotopic (exact) mass is 482 g/mol. The van der Waals surface area contributed by atoms with E-state index in [-0.39, 0.29) is 11.7 Å². The summed E-state index contributed by atoms with van der Waals surface area (Å²) in [5.74, 6) is 0.744. The Kier molecular flexibility index (Phi) is 14.0. The average Bonchev–Trinajstić information content (AvgIpc) is 2.87. The fourth-order valence-electron chi connectivity index (χ4n) is 4.30. The van der Waals surface area contributed by atoms with Gasteiger partial charge in [-0.05, 0) is 55.5 Å². The van der Waals surface area contributed by atoms with Gasteiger partial charge in [-0.1, -0.05) is 90.7 Å². The van der Waals surface area contributed by atoms with E-state index >= 15 is 0 Å². The Morgan fingerprint density at radius 2 is 1.40 bits per heavy atom. The Morgan fingerprint density at radius 3 is 2.06 bits per heavy atom. The fraction of sp³-hybridized carbons (Fsp3) is 0.581. The second kappa shape index (κ2) is 17.0. The summed E-state index contributed by atoms with van der Waals surface area (Å²) >= 11 is 0. The number of carboxylic acid groups (broad SMARTS) is 1. The van der Waals surface area contributed by atoms with Gasteiger partial charge in [-0.3, -0.25) is 0 Å². The van der Waals surface area contributed by atoms with Crippen LogP contribution >= 0.6 is 0 Å². The molecular formula is C31H46O4. The molecule has 2 aromatic carbocycles. The molecule has 1 unspecified atom stereocenters. The number of carboxylic acids is 1. The quantitative estimate of drug-likeness (QED) is 0.203. The highest BCUT2D eigenvalue weighted by Gasteiger charge is 2.14. The minimum absolute atomic E-state index is 0.231. The van der Waals surface area contributed by atoms with Gasteiger partial charge < -0.3 is 14.6 Å². The van der Waals surface area contributed by atoms with Crippen LogP contribution < -0.4 is 9.47 Å². The van der Waals surface area contributed by atoms with Gasteiger partial charge in [0.15, 0.2) is 0 Å². The molecule has 0 bridgehead atoms. The SMILES string of the molecule is CCCCCCCC(CCCC)Oc1ccc(-c2ccc(C(=O)O)cc2)c(OCCCCCC)c1. The normalized spacial score (nSPS) is 11.9. The van der Waals surface area contributed by atoms with Crippen molar-refractivity contribution >= 4 is 5.97 Å². The Hall–Kier alpha value is -2.49. The maximum Gasteiger partial charge on any atom is 0.335 e. The molecule has 0 aliphatic carbocycles. The Bertz CT molecular complexity index is 844. The molecular weight excluding hydrogens is 436 g/mol. The Labute approximate surface area is 213 Å². The van der Waals surface area contributed by atoms with Gasteiger partial charge >= 0.3 is 5.97 Å². The predicted octanol–water partition coefficient (Wildman–Crippen LogP) is 9.31. The van der Waals surface area contributed by atoms with Crippen molar-refractivity contribution in [1.82, 2.24) is 0 Å². The Morgan fingerprint density at radius 1 is 0.771 bits per heavy atom. The van der Waals surface area contributed by atoms with Crippen LogP contribution in [-0.2, 0) is 0 Å². The van der Waals surface area contributed by atoms with E-state index in [0.29, 0.717) is 6.61 Å². The number of hydrogen-bond donors (Lipinski definition) is 1. The standard InChI is InChI=1S/C31H46O4/c1-4-7-10-12-13-16-27(15-9-6-3)35-28-21-22-29(25-17-19-26(20-18-25)31(32)33)30(24-28)34-23-14-11-8-5-2/h17-22,24,27H,4-16,23H2,1-3H3,(H,32,33). The van der Waals surface area contributed by atoms with E-state index in [1.165, 1.54) is 57.8 Å². The van der Waals surface area contributed by atoms with Crippen molar-refractivity contribution in [1.29, 1.82) is 0 Å².